The van der Waals surface area contributed by atoms with Gasteiger partial charge in [0.25, 0.3) is 0 Å². The summed E-state index contributed by atoms with van der Waals surface area (Å²) in [6.07, 6.45) is 4.09. The van der Waals surface area contributed by atoms with Crippen molar-refractivity contribution in [2.45, 2.75) is 19.9 Å². The fourth-order valence-electron chi connectivity index (χ4n) is 2.89. The molecule has 0 radical (unpaired) electrons. The van der Waals surface area contributed by atoms with E-state index in [-0.39, 0.29) is 0 Å². The average Bonchev–Trinajstić information content (AvgIpc) is 2.75. The highest BCUT2D eigenvalue weighted by molar-refractivity contribution is 6.42. The van der Waals surface area contributed by atoms with E-state index in [1.165, 1.54) is 11.3 Å². The number of allylic oxidation sites excluding steroid dienone is 1. The number of fused-ring (bicyclic) bond motifs is 1. The molecule has 3 rings (SSSR count). The first-order valence-corrected chi connectivity index (χ1v) is 8.85. The maximum absolute atomic E-state index is 6.09. The molecule has 0 N–H and O–H groups in total. The highest BCUT2D eigenvalue weighted by Gasteiger charge is 2.18. The van der Waals surface area contributed by atoms with E-state index in [1.807, 2.05) is 24.3 Å². The van der Waals surface area contributed by atoms with Crippen molar-refractivity contribution in [3.8, 4) is 0 Å². The van der Waals surface area contributed by atoms with Crippen molar-refractivity contribution in [2.75, 3.05) is 18.0 Å². The number of benzene rings is 2. The first kappa shape index (κ1) is 17.1. The third-order valence-corrected chi connectivity index (χ3v) is 4.85. The SMILES string of the molecule is CC(C)N1CCN=C(/C=C/c2ccc(Cl)c(Cl)c2)c2ccccc21. The van der Waals surface area contributed by atoms with Crippen LogP contribution in [0.3, 0.4) is 0 Å². The topological polar surface area (TPSA) is 15.6 Å². The van der Waals surface area contributed by atoms with Crippen LogP contribution >= 0.6 is 23.2 Å². The van der Waals surface area contributed by atoms with Gasteiger partial charge in [-0.25, -0.2) is 0 Å². The molecule has 4 heteroatoms. The van der Waals surface area contributed by atoms with E-state index in [0.717, 1.165) is 24.4 Å². The maximum atomic E-state index is 6.09. The minimum absolute atomic E-state index is 0.444. The monoisotopic (exact) mass is 358 g/mol. The number of rotatable bonds is 3. The molecular weight excluding hydrogens is 339 g/mol. The number of anilines is 1. The molecule has 0 fully saturated rings. The lowest BCUT2D eigenvalue weighted by atomic mass is 10.0. The normalized spacial score (nSPS) is 14.7. The van der Waals surface area contributed by atoms with Gasteiger partial charge in [0.1, 0.15) is 0 Å². The third-order valence-electron chi connectivity index (χ3n) is 4.11. The first-order chi connectivity index (χ1) is 11.6. The minimum atomic E-state index is 0.444. The van der Waals surface area contributed by atoms with Gasteiger partial charge >= 0.3 is 0 Å². The Morgan fingerprint density at radius 1 is 1.04 bits per heavy atom. The first-order valence-electron chi connectivity index (χ1n) is 8.10. The zero-order valence-electron chi connectivity index (χ0n) is 13.8. The summed E-state index contributed by atoms with van der Waals surface area (Å²) in [5.74, 6) is 0. The average molecular weight is 359 g/mol. The van der Waals surface area contributed by atoms with E-state index < -0.39 is 0 Å². The van der Waals surface area contributed by atoms with Gasteiger partial charge in [-0.3, -0.25) is 4.99 Å². The number of hydrogen-bond acceptors (Lipinski definition) is 2. The molecule has 24 heavy (non-hydrogen) atoms. The minimum Gasteiger partial charge on any atom is -0.367 e. The summed E-state index contributed by atoms with van der Waals surface area (Å²) >= 11 is 12.1. The maximum Gasteiger partial charge on any atom is 0.0668 e. The predicted molar refractivity (Wildman–Crippen MR) is 106 cm³/mol. The molecule has 0 aromatic heterocycles. The summed E-state index contributed by atoms with van der Waals surface area (Å²) in [4.78, 5) is 7.18. The molecule has 0 spiro atoms. The van der Waals surface area contributed by atoms with Crippen molar-refractivity contribution in [2.24, 2.45) is 4.99 Å². The fraction of sp³-hybridized carbons (Fsp3) is 0.250. The Kier molecular flexibility index (Phi) is 5.27. The molecule has 0 amide bonds. The fourth-order valence-corrected chi connectivity index (χ4v) is 3.20. The molecule has 2 nitrogen and oxygen atoms in total. The Hall–Kier alpha value is -1.77. The molecule has 0 unspecified atom stereocenters. The van der Waals surface area contributed by atoms with Gasteiger partial charge in [0.05, 0.1) is 22.3 Å². The Labute approximate surface area is 153 Å². The molecule has 0 saturated carbocycles. The zero-order chi connectivity index (χ0) is 17.1. The van der Waals surface area contributed by atoms with Crippen LogP contribution in [0, 0.1) is 0 Å². The number of para-hydroxylation sites is 1. The van der Waals surface area contributed by atoms with Crippen molar-refractivity contribution >= 4 is 40.7 Å². The van der Waals surface area contributed by atoms with Crippen molar-refractivity contribution in [3.63, 3.8) is 0 Å². The second-order valence-electron chi connectivity index (χ2n) is 6.08. The van der Waals surface area contributed by atoms with Gasteiger partial charge in [-0.1, -0.05) is 53.5 Å². The van der Waals surface area contributed by atoms with Gasteiger partial charge in [0.2, 0.25) is 0 Å². The molecular formula is C20H20Cl2N2. The zero-order valence-corrected chi connectivity index (χ0v) is 15.3. The number of nitrogens with zero attached hydrogens (tertiary/aromatic N) is 2. The molecule has 2 aromatic carbocycles. The molecule has 1 heterocycles. The Morgan fingerprint density at radius 3 is 2.58 bits per heavy atom. The summed E-state index contributed by atoms with van der Waals surface area (Å²) in [7, 11) is 0. The Balaban J connectivity index is 1.95. The van der Waals surface area contributed by atoms with Crippen LogP contribution in [0.4, 0.5) is 5.69 Å². The molecule has 0 aliphatic carbocycles. The van der Waals surface area contributed by atoms with Gasteiger partial charge in [-0.15, -0.1) is 0 Å². The van der Waals surface area contributed by atoms with E-state index in [1.54, 1.807) is 0 Å². The summed E-state index contributed by atoms with van der Waals surface area (Å²) < 4.78 is 0. The second kappa shape index (κ2) is 7.42. The summed E-state index contributed by atoms with van der Waals surface area (Å²) in [5.41, 5.74) is 4.41. The van der Waals surface area contributed by atoms with Gasteiger partial charge < -0.3 is 4.90 Å². The quantitative estimate of drug-likeness (QED) is 0.684. The molecule has 1 aliphatic heterocycles. The Bertz CT molecular complexity index is 794. The van der Waals surface area contributed by atoms with Crippen LogP contribution < -0.4 is 4.90 Å². The van der Waals surface area contributed by atoms with Crippen LogP contribution in [0.25, 0.3) is 6.08 Å². The summed E-state index contributed by atoms with van der Waals surface area (Å²) in [5, 5.41) is 1.13. The highest BCUT2D eigenvalue weighted by Crippen LogP contribution is 2.27. The smallest absolute Gasteiger partial charge is 0.0668 e. The summed E-state index contributed by atoms with van der Waals surface area (Å²) in [6, 6.07) is 14.5. The lowest BCUT2D eigenvalue weighted by Crippen LogP contribution is -2.32. The van der Waals surface area contributed by atoms with Crippen LogP contribution in [-0.4, -0.2) is 24.8 Å². The van der Waals surface area contributed by atoms with E-state index in [4.69, 9.17) is 28.2 Å². The summed E-state index contributed by atoms with van der Waals surface area (Å²) in [6.45, 7) is 6.15. The van der Waals surface area contributed by atoms with Crippen molar-refractivity contribution < 1.29 is 0 Å². The molecule has 2 aromatic rings. The van der Waals surface area contributed by atoms with Crippen molar-refractivity contribution in [1.29, 1.82) is 0 Å². The lowest BCUT2D eigenvalue weighted by molar-refractivity contribution is 0.688. The van der Waals surface area contributed by atoms with Gasteiger partial charge in [0, 0.05) is 23.8 Å². The molecule has 0 bridgehead atoms. The molecule has 1 aliphatic rings. The number of aliphatic imine (C=N–C) groups is 1. The second-order valence-corrected chi connectivity index (χ2v) is 6.89. The van der Waals surface area contributed by atoms with E-state index >= 15 is 0 Å². The number of hydrogen-bond donors (Lipinski definition) is 0. The largest absolute Gasteiger partial charge is 0.367 e. The van der Waals surface area contributed by atoms with Crippen molar-refractivity contribution in [1.82, 2.24) is 0 Å². The van der Waals surface area contributed by atoms with E-state index in [2.05, 4.69) is 49.1 Å². The van der Waals surface area contributed by atoms with Crippen molar-refractivity contribution in [3.05, 3.63) is 69.7 Å². The van der Waals surface area contributed by atoms with E-state index in [0.29, 0.717) is 16.1 Å². The van der Waals surface area contributed by atoms with Gasteiger partial charge in [0.15, 0.2) is 0 Å². The standard InChI is InChI=1S/C20H20Cl2N2/c1-14(2)24-12-11-23-19(16-5-3-4-6-20(16)24)10-8-15-7-9-17(21)18(22)13-15/h3-10,13-14H,11-12H2,1-2H3/b10-8+. The van der Waals surface area contributed by atoms with Crippen LogP contribution in [-0.2, 0) is 0 Å². The Morgan fingerprint density at radius 2 is 1.83 bits per heavy atom. The van der Waals surface area contributed by atoms with Crippen LogP contribution in [0.1, 0.15) is 25.0 Å². The molecule has 124 valence electrons. The molecule has 0 atom stereocenters. The van der Waals surface area contributed by atoms with E-state index in [9.17, 15) is 0 Å². The highest BCUT2D eigenvalue weighted by atomic mass is 35.5. The van der Waals surface area contributed by atoms with Gasteiger partial charge in [-0.05, 0) is 43.7 Å². The van der Waals surface area contributed by atoms with Gasteiger partial charge in [-0.2, -0.15) is 0 Å². The predicted octanol–water partition coefficient (Wildman–Crippen LogP) is 5.72. The van der Waals surface area contributed by atoms with Crippen LogP contribution in [0.2, 0.25) is 10.0 Å². The number of benzodiazepines with no additional fused rings is 1. The third kappa shape index (κ3) is 3.66. The van der Waals surface area contributed by atoms with Crippen LogP contribution in [0.15, 0.2) is 53.5 Å². The number of halogens is 2. The lowest BCUT2D eigenvalue weighted by Gasteiger charge is -2.28. The van der Waals surface area contributed by atoms with Crippen LogP contribution in [0.5, 0.6) is 0 Å². The molecule has 0 saturated heterocycles.